The summed E-state index contributed by atoms with van der Waals surface area (Å²) in [5.74, 6) is 0.673. The maximum absolute atomic E-state index is 13.0. The number of hydrogen-bond acceptors (Lipinski definition) is 1. The van der Waals surface area contributed by atoms with Gasteiger partial charge in [-0.2, -0.15) is 0 Å². The van der Waals surface area contributed by atoms with E-state index < -0.39 is 7.14 Å². The Morgan fingerprint density at radius 1 is 0.933 bits per heavy atom. The highest BCUT2D eigenvalue weighted by Gasteiger charge is 2.32. The zero-order valence-corrected chi connectivity index (χ0v) is 12.3. The fourth-order valence-electron chi connectivity index (χ4n) is 1.95. The summed E-state index contributed by atoms with van der Waals surface area (Å²) >= 11 is 0. The lowest BCUT2D eigenvalue weighted by atomic mass is 10.2. The van der Waals surface area contributed by atoms with Crippen molar-refractivity contribution in [3.8, 4) is 0 Å². The van der Waals surface area contributed by atoms with Gasteiger partial charge in [0.05, 0.1) is 7.14 Å². The molecule has 0 saturated heterocycles. The van der Waals surface area contributed by atoms with Gasteiger partial charge in [0, 0.05) is 17.5 Å². The molecule has 0 aliphatic rings. The van der Waals surface area contributed by atoms with Crippen molar-refractivity contribution in [3.05, 3.63) is 0 Å². The zero-order chi connectivity index (χ0) is 12.1. The Morgan fingerprint density at radius 2 is 1.33 bits per heavy atom. The standard InChI is InChI=1S/C13H29OP/c1-7-12(5)15(14,13(6)8-2)10-9-11(3)4/h11-13H,7-10H2,1-6H3. The first-order valence-corrected chi connectivity index (χ1v) is 8.49. The first kappa shape index (κ1) is 15.2. The van der Waals surface area contributed by atoms with Crippen molar-refractivity contribution in [2.24, 2.45) is 5.92 Å². The molecule has 1 nitrogen and oxygen atoms in total. The van der Waals surface area contributed by atoms with E-state index in [0.717, 1.165) is 25.4 Å². The lowest BCUT2D eigenvalue weighted by Crippen LogP contribution is -2.16. The van der Waals surface area contributed by atoms with Crippen LogP contribution in [0.5, 0.6) is 0 Å². The smallest absolute Gasteiger partial charge is 0.0930 e. The topological polar surface area (TPSA) is 17.1 Å². The molecule has 0 aromatic carbocycles. The molecule has 2 atom stereocenters. The fourth-order valence-corrected chi connectivity index (χ4v) is 5.86. The lowest BCUT2D eigenvalue weighted by Gasteiger charge is -2.30. The van der Waals surface area contributed by atoms with Crippen LogP contribution in [0.1, 0.15) is 60.8 Å². The molecule has 0 aliphatic carbocycles. The predicted octanol–water partition coefficient (Wildman–Crippen LogP) is 4.99. The SMILES string of the molecule is CCC(C)P(=O)(CCC(C)C)C(C)CC. The largest absolute Gasteiger partial charge is 0.323 e. The summed E-state index contributed by atoms with van der Waals surface area (Å²) < 4.78 is 13.0. The Bertz CT molecular complexity index is 197. The highest BCUT2D eigenvalue weighted by molar-refractivity contribution is 7.65. The Balaban J connectivity index is 4.63. The first-order valence-electron chi connectivity index (χ1n) is 6.46. The highest BCUT2D eigenvalue weighted by Crippen LogP contribution is 2.57. The maximum atomic E-state index is 13.0. The van der Waals surface area contributed by atoms with Crippen LogP contribution in [-0.4, -0.2) is 17.5 Å². The summed E-state index contributed by atoms with van der Waals surface area (Å²) in [6.07, 6.45) is 4.18. The molecule has 0 fully saturated rings. The molecule has 0 bridgehead atoms. The minimum absolute atomic E-state index is 0.409. The van der Waals surface area contributed by atoms with E-state index in [1.54, 1.807) is 0 Å². The van der Waals surface area contributed by atoms with Gasteiger partial charge < -0.3 is 4.57 Å². The summed E-state index contributed by atoms with van der Waals surface area (Å²) in [4.78, 5) is 0. The van der Waals surface area contributed by atoms with Crippen molar-refractivity contribution >= 4 is 7.14 Å². The third-order valence-corrected chi connectivity index (χ3v) is 8.40. The minimum atomic E-state index is -1.96. The number of hydrogen-bond donors (Lipinski definition) is 0. The van der Waals surface area contributed by atoms with E-state index in [-0.39, 0.29) is 0 Å². The Kier molecular flexibility index (Phi) is 6.84. The van der Waals surface area contributed by atoms with E-state index in [1.807, 2.05) is 0 Å². The summed E-state index contributed by atoms with van der Waals surface area (Å²) in [6.45, 7) is 13.1. The summed E-state index contributed by atoms with van der Waals surface area (Å²) in [5, 5.41) is 0. The Hall–Kier alpha value is 0.230. The van der Waals surface area contributed by atoms with Gasteiger partial charge in [-0.3, -0.25) is 0 Å². The second kappa shape index (κ2) is 6.74. The molecule has 0 rings (SSSR count). The van der Waals surface area contributed by atoms with Gasteiger partial charge in [-0.15, -0.1) is 0 Å². The molecule has 0 aromatic rings. The summed E-state index contributed by atoms with van der Waals surface area (Å²) in [7, 11) is -1.96. The van der Waals surface area contributed by atoms with Crippen molar-refractivity contribution in [3.63, 3.8) is 0 Å². The Morgan fingerprint density at radius 3 is 1.60 bits per heavy atom. The van der Waals surface area contributed by atoms with Gasteiger partial charge in [0.1, 0.15) is 0 Å². The van der Waals surface area contributed by atoms with Crippen LogP contribution >= 0.6 is 7.14 Å². The van der Waals surface area contributed by atoms with Gasteiger partial charge in [-0.25, -0.2) is 0 Å². The lowest BCUT2D eigenvalue weighted by molar-refractivity contribution is 0.539. The number of rotatable bonds is 7. The van der Waals surface area contributed by atoms with E-state index in [9.17, 15) is 4.57 Å². The molecule has 2 heteroatoms. The molecule has 0 heterocycles. The van der Waals surface area contributed by atoms with Crippen molar-refractivity contribution in [1.29, 1.82) is 0 Å². The fraction of sp³-hybridized carbons (Fsp3) is 1.00. The quantitative estimate of drug-likeness (QED) is 0.565. The third-order valence-electron chi connectivity index (χ3n) is 3.73. The molecule has 0 aromatic heterocycles. The molecule has 0 saturated carbocycles. The third kappa shape index (κ3) is 4.31. The van der Waals surface area contributed by atoms with E-state index in [2.05, 4.69) is 41.5 Å². The van der Waals surface area contributed by atoms with Gasteiger partial charge in [0.15, 0.2) is 0 Å². The summed E-state index contributed by atoms with van der Waals surface area (Å²) in [6, 6.07) is 0. The average molecular weight is 232 g/mol. The maximum Gasteiger partial charge on any atom is 0.0930 e. The van der Waals surface area contributed by atoms with Crippen LogP contribution in [0.2, 0.25) is 0 Å². The van der Waals surface area contributed by atoms with Gasteiger partial charge >= 0.3 is 0 Å². The molecule has 0 radical (unpaired) electrons. The van der Waals surface area contributed by atoms with E-state index in [1.165, 1.54) is 0 Å². The molecular weight excluding hydrogens is 203 g/mol. The second-order valence-corrected chi connectivity index (χ2v) is 9.19. The van der Waals surface area contributed by atoms with Crippen LogP contribution in [-0.2, 0) is 4.57 Å². The van der Waals surface area contributed by atoms with E-state index in [0.29, 0.717) is 17.2 Å². The predicted molar refractivity (Wildman–Crippen MR) is 71.4 cm³/mol. The highest BCUT2D eigenvalue weighted by atomic mass is 31.2. The normalized spacial score (nSPS) is 19.9. The van der Waals surface area contributed by atoms with Crippen molar-refractivity contribution in [2.75, 3.05) is 6.16 Å². The second-order valence-electron chi connectivity index (χ2n) is 5.27. The van der Waals surface area contributed by atoms with Crippen LogP contribution in [0, 0.1) is 5.92 Å². The van der Waals surface area contributed by atoms with Crippen LogP contribution < -0.4 is 0 Å². The van der Waals surface area contributed by atoms with Crippen LogP contribution in [0.4, 0.5) is 0 Å². The molecule has 15 heavy (non-hydrogen) atoms. The molecule has 0 spiro atoms. The molecule has 0 N–H and O–H groups in total. The molecule has 2 unspecified atom stereocenters. The van der Waals surface area contributed by atoms with Gasteiger partial charge in [0.2, 0.25) is 0 Å². The van der Waals surface area contributed by atoms with Crippen LogP contribution in [0.25, 0.3) is 0 Å². The molecule has 0 aliphatic heterocycles. The van der Waals surface area contributed by atoms with Crippen molar-refractivity contribution < 1.29 is 4.57 Å². The molecule has 92 valence electrons. The van der Waals surface area contributed by atoms with Gasteiger partial charge in [-0.1, -0.05) is 41.5 Å². The molecular formula is C13H29OP. The minimum Gasteiger partial charge on any atom is -0.323 e. The zero-order valence-electron chi connectivity index (χ0n) is 11.4. The average Bonchev–Trinajstić information content (AvgIpc) is 2.23. The van der Waals surface area contributed by atoms with Crippen molar-refractivity contribution in [2.45, 2.75) is 72.1 Å². The van der Waals surface area contributed by atoms with Crippen LogP contribution in [0.15, 0.2) is 0 Å². The van der Waals surface area contributed by atoms with Crippen LogP contribution in [0.3, 0.4) is 0 Å². The van der Waals surface area contributed by atoms with E-state index >= 15 is 0 Å². The summed E-state index contributed by atoms with van der Waals surface area (Å²) in [5.41, 5.74) is 0.817. The molecule has 0 amide bonds. The Labute approximate surface area is 96.4 Å². The van der Waals surface area contributed by atoms with Gasteiger partial charge in [0.25, 0.3) is 0 Å². The first-order chi connectivity index (χ1) is 6.88. The van der Waals surface area contributed by atoms with Crippen molar-refractivity contribution in [1.82, 2.24) is 0 Å². The monoisotopic (exact) mass is 232 g/mol. The van der Waals surface area contributed by atoms with Gasteiger partial charge in [-0.05, 0) is 25.2 Å². The van der Waals surface area contributed by atoms with E-state index in [4.69, 9.17) is 0 Å².